The first-order valence-corrected chi connectivity index (χ1v) is 12.6. The molecule has 38 heavy (non-hydrogen) atoms. The lowest BCUT2D eigenvalue weighted by atomic mass is 10.0. The van der Waals surface area contributed by atoms with Crippen LogP contribution in [0.3, 0.4) is 0 Å². The number of amides is 3. The number of carboxylic acid groups (broad SMARTS) is 1. The van der Waals surface area contributed by atoms with Gasteiger partial charge in [0.2, 0.25) is 0 Å². The van der Waals surface area contributed by atoms with Gasteiger partial charge in [-0.05, 0) is 55.2 Å². The van der Waals surface area contributed by atoms with Crippen LogP contribution in [0.15, 0.2) is 42.5 Å². The highest BCUT2D eigenvalue weighted by atomic mass is 32.1. The Morgan fingerprint density at radius 3 is 2.34 bits per heavy atom. The van der Waals surface area contributed by atoms with Crippen molar-refractivity contribution in [1.82, 2.24) is 5.32 Å². The highest BCUT2D eigenvalue weighted by molar-refractivity contribution is 7.17. The van der Waals surface area contributed by atoms with Gasteiger partial charge in [0.1, 0.15) is 22.9 Å². The molecule has 2 heterocycles. The zero-order chi connectivity index (χ0) is 27.7. The smallest absolute Gasteiger partial charge is 0.326 e. The van der Waals surface area contributed by atoms with Gasteiger partial charge in [-0.3, -0.25) is 14.4 Å². The van der Waals surface area contributed by atoms with E-state index < -0.39 is 29.7 Å². The number of ether oxygens (including phenoxy) is 1. The van der Waals surface area contributed by atoms with E-state index >= 15 is 0 Å². The molecule has 3 aromatic rings. The first-order chi connectivity index (χ1) is 18.1. The summed E-state index contributed by atoms with van der Waals surface area (Å²) in [6.07, 6.45) is 0.238. The number of benzene rings is 2. The van der Waals surface area contributed by atoms with Crippen molar-refractivity contribution in [2.45, 2.75) is 33.2 Å². The van der Waals surface area contributed by atoms with Gasteiger partial charge in [0, 0.05) is 16.0 Å². The third-order valence-electron chi connectivity index (χ3n) is 6.22. The molecule has 0 bridgehead atoms. The molecule has 0 saturated heterocycles. The monoisotopic (exact) mass is 531 g/mol. The van der Waals surface area contributed by atoms with E-state index in [1.165, 1.54) is 18.2 Å². The fourth-order valence-electron chi connectivity index (χ4n) is 4.40. The lowest BCUT2D eigenvalue weighted by molar-refractivity contribution is -0.139. The zero-order valence-electron chi connectivity index (χ0n) is 21.2. The molecule has 0 unspecified atom stereocenters. The minimum atomic E-state index is -1.16. The first-order valence-electron chi connectivity index (χ1n) is 11.8. The Labute approximate surface area is 223 Å². The van der Waals surface area contributed by atoms with E-state index in [2.05, 4.69) is 11.4 Å². The number of hydrogen-bond acceptors (Lipinski definition) is 7. The van der Waals surface area contributed by atoms with Gasteiger partial charge in [0.05, 0.1) is 23.8 Å². The molecule has 1 aliphatic heterocycles. The maximum atomic E-state index is 13.4. The van der Waals surface area contributed by atoms with Crippen molar-refractivity contribution in [2.75, 3.05) is 12.0 Å². The van der Waals surface area contributed by atoms with Crippen molar-refractivity contribution in [2.24, 2.45) is 5.92 Å². The Morgan fingerprint density at radius 2 is 1.76 bits per heavy atom. The molecular weight excluding hydrogens is 506 g/mol. The molecule has 0 radical (unpaired) electrons. The number of aryl methyl sites for hydroxylation is 1. The van der Waals surface area contributed by atoms with Crippen LogP contribution >= 0.6 is 11.3 Å². The molecule has 0 fully saturated rings. The number of fused-ring (bicyclic) bond motifs is 1. The van der Waals surface area contributed by atoms with Crippen LogP contribution in [0.1, 0.15) is 61.8 Å². The average Bonchev–Trinajstić information content (AvgIpc) is 3.34. The number of nitriles is 1. The van der Waals surface area contributed by atoms with E-state index in [1.807, 2.05) is 20.8 Å². The number of nitrogens with zero attached hydrogens (tertiary/aromatic N) is 2. The van der Waals surface area contributed by atoms with E-state index in [0.717, 1.165) is 26.7 Å². The Kier molecular flexibility index (Phi) is 7.32. The van der Waals surface area contributed by atoms with E-state index in [1.54, 1.807) is 31.4 Å². The van der Waals surface area contributed by atoms with Gasteiger partial charge in [-0.25, -0.2) is 9.69 Å². The van der Waals surface area contributed by atoms with Crippen molar-refractivity contribution >= 4 is 40.0 Å². The maximum absolute atomic E-state index is 13.4. The van der Waals surface area contributed by atoms with Crippen molar-refractivity contribution in [1.29, 1.82) is 5.26 Å². The van der Waals surface area contributed by atoms with Crippen molar-refractivity contribution in [3.63, 3.8) is 0 Å². The van der Waals surface area contributed by atoms with Gasteiger partial charge in [-0.15, -0.1) is 11.3 Å². The second-order valence-electron chi connectivity index (χ2n) is 9.25. The summed E-state index contributed by atoms with van der Waals surface area (Å²) in [5.41, 5.74) is 1.74. The Morgan fingerprint density at radius 1 is 1.11 bits per heavy atom. The number of aliphatic carboxylic acids is 1. The largest absolute Gasteiger partial charge is 0.497 e. The number of carbonyl (C=O) groups excluding carboxylic acids is 3. The summed E-state index contributed by atoms with van der Waals surface area (Å²) in [5, 5.41) is 22.1. The van der Waals surface area contributed by atoms with Crippen LogP contribution in [0.5, 0.6) is 5.75 Å². The van der Waals surface area contributed by atoms with Gasteiger partial charge in [-0.1, -0.05) is 26.0 Å². The predicted molar refractivity (Wildman–Crippen MR) is 142 cm³/mol. The molecule has 3 amide bonds. The molecule has 2 N–H and O–H groups in total. The quantitative estimate of drug-likeness (QED) is 0.404. The number of hydrogen-bond donors (Lipinski definition) is 2. The summed E-state index contributed by atoms with van der Waals surface area (Å²) in [7, 11) is 1.55. The molecule has 0 spiro atoms. The molecule has 1 aliphatic rings. The topological polar surface area (TPSA) is 137 Å². The second kappa shape index (κ2) is 10.5. The second-order valence-corrected chi connectivity index (χ2v) is 10.5. The fourth-order valence-corrected chi connectivity index (χ4v) is 5.52. The molecule has 10 heteroatoms. The minimum absolute atomic E-state index is 0.0133. The number of carbonyl (C=O) groups is 4. The molecular formula is C28H25N3O6S. The third kappa shape index (κ3) is 4.76. The highest BCUT2D eigenvalue weighted by Crippen LogP contribution is 2.44. The molecule has 1 aromatic heterocycles. The minimum Gasteiger partial charge on any atom is -0.497 e. The van der Waals surface area contributed by atoms with Gasteiger partial charge in [0.15, 0.2) is 0 Å². The fraction of sp³-hybridized carbons (Fsp3) is 0.250. The number of imide groups is 1. The molecule has 2 aromatic carbocycles. The standard InChI is InChI=1S/C28H25N3O6S/c1-14(2)11-22(28(35)36)30-24(32)17-7-10-19-20(12-17)26(34)31(25(19)33)27-21(13-29)23(15(3)38-27)16-5-8-18(37-4)9-6-16/h5-10,12,14,22H,11H2,1-4H3,(H,30,32)(H,35,36)/t22-/m0/s1. The van der Waals surface area contributed by atoms with E-state index in [-0.39, 0.29) is 39.6 Å². The Hall–Kier alpha value is -4.49. The van der Waals surface area contributed by atoms with Gasteiger partial charge in [-0.2, -0.15) is 5.26 Å². The van der Waals surface area contributed by atoms with E-state index in [0.29, 0.717) is 11.3 Å². The van der Waals surface area contributed by atoms with Crippen LogP contribution in [0.25, 0.3) is 11.1 Å². The molecule has 0 saturated carbocycles. The Balaban J connectivity index is 1.68. The number of methoxy groups -OCH3 is 1. The van der Waals surface area contributed by atoms with Crippen molar-refractivity contribution < 1.29 is 29.0 Å². The Bertz CT molecular complexity index is 1500. The lowest BCUT2D eigenvalue weighted by Crippen LogP contribution is -2.41. The van der Waals surface area contributed by atoms with Crippen molar-refractivity contribution in [3.8, 4) is 22.9 Å². The number of nitrogens with one attached hydrogen (secondary N) is 1. The lowest BCUT2D eigenvalue weighted by Gasteiger charge is -2.16. The molecule has 194 valence electrons. The van der Waals surface area contributed by atoms with Crippen LogP contribution in [0, 0.1) is 24.2 Å². The van der Waals surface area contributed by atoms with Crippen LogP contribution in [-0.2, 0) is 4.79 Å². The van der Waals surface area contributed by atoms with Crippen LogP contribution < -0.4 is 15.0 Å². The summed E-state index contributed by atoms with van der Waals surface area (Å²) in [6, 6.07) is 12.2. The van der Waals surface area contributed by atoms with E-state index in [4.69, 9.17) is 4.74 Å². The highest BCUT2D eigenvalue weighted by Gasteiger charge is 2.40. The average molecular weight is 532 g/mol. The van der Waals surface area contributed by atoms with Crippen LogP contribution in [0.2, 0.25) is 0 Å². The summed E-state index contributed by atoms with van der Waals surface area (Å²) >= 11 is 1.16. The SMILES string of the molecule is COc1ccc(-c2c(C)sc(N3C(=O)c4ccc(C(=O)N[C@@H](CC(C)C)C(=O)O)cc4C3=O)c2C#N)cc1. The predicted octanol–water partition coefficient (Wildman–Crippen LogP) is 4.63. The molecule has 4 rings (SSSR count). The molecule has 0 aliphatic carbocycles. The molecule has 9 nitrogen and oxygen atoms in total. The zero-order valence-corrected chi connectivity index (χ0v) is 22.0. The first kappa shape index (κ1) is 26.6. The molecule has 1 atom stereocenters. The number of thiophene rings is 1. The number of anilines is 1. The third-order valence-corrected chi connectivity index (χ3v) is 7.31. The number of rotatable bonds is 8. The van der Waals surface area contributed by atoms with Gasteiger partial charge >= 0.3 is 5.97 Å². The maximum Gasteiger partial charge on any atom is 0.326 e. The van der Waals surface area contributed by atoms with Gasteiger partial charge < -0.3 is 15.2 Å². The van der Waals surface area contributed by atoms with E-state index in [9.17, 15) is 29.5 Å². The van der Waals surface area contributed by atoms with Crippen LogP contribution in [-0.4, -0.2) is 41.9 Å². The number of carboxylic acids is 1. The normalized spacial score (nSPS) is 13.3. The summed E-state index contributed by atoms with van der Waals surface area (Å²) in [5.74, 6) is -2.38. The van der Waals surface area contributed by atoms with Crippen LogP contribution in [0.4, 0.5) is 5.00 Å². The van der Waals surface area contributed by atoms with Crippen molar-refractivity contribution in [3.05, 3.63) is 69.6 Å². The van der Waals surface area contributed by atoms with Gasteiger partial charge in [0.25, 0.3) is 17.7 Å². The summed E-state index contributed by atoms with van der Waals surface area (Å²) in [6.45, 7) is 5.50. The summed E-state index contributed by atoms with van der Waals surface area (Å²) < 4.78 is 5.20. The summed E-state index contributed by atoms with van der Waals surface area (Å²) in [4.78, 5) is 52.8.